The van der Waals surface area contributed by atoms with Gasteiger partial charge in [-0.2, -0.15) is 5.10 Å². The van der Waals surface area contributed by atoms with Crippen LogP contribution in [0, 0.1) is 0 Å². The first-order chi connectivity index (χ1) is 10.3. The van der Waals surface area contributed by atoms with Crippen molar-refractivity contribution in [2.24, 2.45) is 0 Å². The first-order valence-corrected chi connectivity index (χ1v) is 7.16. The molecule has 3 heteroatoms. The predicted octanol–water partition coefficient (Wildman–Crippen LogP) is 3.54. The smallest absolute Gasteiger partial charge is 0.0793 e. The Kier molecular flexibility index (Phi) is 4.12. The lowest BCUT2D eigenvalue weighted by atomic mass is 10.0. The fourth-order valence-corrected chi connectivity index (χ4v) is 2.45. The number of aromatic nitrogens is 2. The molecule has 0 bridgehead atoms. The molecule has 0 fully saturated rings. The Labute approximate surface area is 124 Å². The Bertz CT molecular complexity index is 677. The summed E-state index contributed by atoms with van der Waals surface area (Å²) in [5.74, 6) is 0. The Hall–Kier alpha value is -2.39. The molecular formula is C18H18N2O. The van der Waals surface area contributed by atoms with Crippen LogP contribution in [0.25, 0.3) is 5.69 Å². The van der Waals surface area contributed by atoms with Crippen LogP contribution in [0.5, 0.6) is 0 Å². The van der Waals surface area contributed by atoms with Gasteiger partial charge in [0.2, 0.25) is 0 Å². The van der Waals surface area contributed by atoms with Crippen molar-refractivity contribution in [1.29, 1.82) is 0 Å². The van der Waals surface area contributed by atoms with Crippen molar-refractivity contribution in [2.45, 2.75) is 18.9 Å². The maximum absolute atomic E-state index is 10.3. The molecule has 0 spiro atoms. The normalized spacial score (nSPS) is 12.2. The van der Waals surface area contributed by atoms with Crippen molar-refractivity contribution < 1.29 is 5.11 Å². The van der Waals surface area contributed by atoms with Gasteiger partial charge in [0.25, 0.3) is 0 Å². The molecule has 0 saturated heterocycles. The van der Waals surface area contributed by atoms with Gasteiger partial charge in [-0.3, -0.25) is 0 Å². The van der Waals surface area contributed by atoms with Gasteiger partial charge in [0.1, 0.15) is 0 Å². The van der Waals surface area contributed by atoms with Gasteiger partial charge in [0, 0.05) is 11.9 Å². The van der Waals surface area contributed by atoms with Crippen LogP contribution in [0.15, 0.2) is 72.9 Å². The highest BCUT2D eigenvalue weighted by Crippen LogP contribution is 2.19. The summed E-state index contributed by atoms with van der Waals surface area (Å²) in [5, 5.41) is 14.6. The summed E-state index contributed by atoms with van der Waals surface area (Å²) >= 11 is 0. The summed E-state index contributed by atoms with van der Waals surface area (Å²) in [6, 6.07) is 21.8. The molecule has 1 aromatic heterocycles. The average molecular weight is 278 g/mol. The van der Waals surface area contributed by atoms with Gasteiger partial charge in [0.15, 0.2) is 0 Å². The van der Waals surface area contributed by atoms with E-state index in [9.17, 15) is 5.11 Å². The minimum atomic E-state index is -0.440. The molecule has 0 saturated carbocycles. The quantitative estimate of drug-likeness (QED) is 0.775. The second-order valence-corrected chi connectivity index (χ2v) is 5.04. The summed E-state index contributed by atoms with van der Waals surface area (Å²) < 4.78 is 1.93. The van der Waals surface area contributed by atoms with Crippen LogP contribution in [0.4, 0.5) is 0 Å². The second kappa shape index (κ2) is 6.37. The molecule has 2 aromatic carbocycles. The fraction of sp³-hybridized carbons (Fsp3) is 0.167. The monoisotopic (exact) mass is 278 g/mol. The molecule has 0 radical (unpaired) electrons. The fourth-order valence-electron chi connectivity index (χ4n) is 2.45. The van der Waals surface area contributed by atoms with E-state index >= 15 is 0 Å². The zero-order valence-corrected chi connectivity index (χ0v) is 11.8. The van der Waals surface area contributed by atoms with Crippen LogP contribution in [0.1, 0.15) is 23.8 Å². The highest BCUT2D eigenvalue weighted by molar-refractivity contribution is 5.32. The summed E-state index contributed by atoms with van der Waals surface area (Å²) in [5.41, 5.74) is 3.12. The van der Waals surface area contributed by atoms with Gasteiger partial charge in [-0.1, -0.05) is 48.5 Å². The van der Waals surface area contributed by atoms with Crippen molar-refractivity contribution >= 4 is 0 Å². The molecule has 3 rings (SSSR count). The van der Waals surface area contributed by atoms with Crippen LogP contribution in [0.3, 0.4) is 0 Å². The van der Waals surface area contributed by atoms with Crippen LogP contribution >= 0.6 is 0 Å². The maximum Gasteiger partial charge on any atom is 0.0793 e. The summed E-state index contributed by atoms with van der Waals surface area (Å²) in [6.45, 7) is 0. The third kappa shape index (κ3) is 3.20. The van der Waals surface area contributed by atoms with Gasteiger partial charge < -0.3 is 5.11 Å². The number of aliphatic hydroxyl groups excluding tert-OH is 1. The van der Waals surface area contributed by atoms with Crippen LogP contribution in [-0.4, -0.2) is 14.9 Å². The number of rotatable bonds is 5. The topological polar surface area (TPSA) is 38.1 Å². The first-order valence-electron chi connectivity index (χ1n) is 7.16. The van der Waals surface area contributed by atoms with Crippen molar-refractivity contribution in [2.75, 3.05) is 0 Å². The third-order valence-corrected chi connectivity index (χ3v) is 3.58. The molecule has 3 aromatic rings. The Morgan fingerprint density at radius 3 is 2.29 bits per heavy atom. The van der Waals surface area contributed by atoms with E-state index in [-0.39, 0.29) is 0 Å². The van der Waals surface area contributed by atoms with Gasteiger partial charge in [0.05, 0.1) is 11.8 Å². The molecule has 0 amide bonds. The van der Waals surface area contributed by atoms with E-state index in [0.717, 1.165) is 23.4 Å². The number of para-hydroxylation sites is 1. The highest BCUT2D eigenvalue weighted by Gasteiger charge is 2.10. The minimum Gasteiger partial charge on any atom is -0.388 e. The average Bonchev–Trinajstić information content (AvgIpc) is 3.03. The SMILES string of the molecule is OC(CCc1ccnn1-c1ccccc1)c1ccccc1. The molecule has 3 nitrogen and oxygen atoms in total. The number of nitrogens with zero attached hydrogens (tertiary/aromatic N) is 2. The maximum atomic E-state index is 10.3. The molecular weight excluding hydrogens is 260 g/mol. The van der Waals surface area contributed by atoms with Crippen molar-refractivity contribution in [3.05, 3.63) is 84.2 Å². The standard InChI is InChI=1S/C18H18N2O/c21-18(15-7-3-1-4-8-15)12-11-17-13-14-19-20(17)16-9-5-2-6-10-16/h1-10,13-14,18,21H,11-12H2. The predicted molar refractivity (Wildman–Crippen MR) is 83.3 cm³/mol. The molecule has 1 N–H and O–H groups in total. The van der Waals surface area contributed by atoms with Crippen molar-refractivity contribution in [1.82, 2.24) is 9.78 Å². The van der Waals surface area contributed by atoms with Gasteiger partial charge in [-0.05, 0) is 36.6 Å². The molecule has 21 heavy (non-hydrogen) atoms. The van der Waals surface area contributed by atoms with E-state index in [2.05, 4.69) is 5.10 Å². The number of benzene rings is 2. The lowest BCUT2D eigenvalue weighted by Gasteiger charge is -2.12. The summed E-state index contributed by atoms with van der Waals surface area (Å²) in [4.78, 5) is 0. The molecule has 1 unspecified atom stereocenters. The van der Waals surface area contributed by atoms with Crippen molar-refractivity contribution in [3.8, 4) is 5.69 Å². The summed E-state index contributed by atoms with van der Waals surface area (Å²) in [6.07, 6.45) is 2.83. The molecule has 1 heterocycles. The Morgan fingerprint density at radius 1 is 0.905 bits per heavy atom. The first kappa shape index (κ1) is 13.6. The van der Waals surface area contributed by atoms with Crippen LogP contribution < -0.4 is 0 Å². The van der Waals surface area contributed by atoms with Gasteiger partial charge in [-0.25, -0.2) is 4.68 Å². The molecule has 0 aliphatic heterocycles. The number of hydrogen-bond donors (Lipinski definition) is 1. The highest BCUT2D eigenvalue weighted by atomic mass is 16.3. The van der Waals surface area contributed by atoms with Crippen LogP contribution in [-0.2, 0) is 6.42 Å². The molecule has 0 aliphatic rings. The van der Waals surface area contributed by atoms with E-state index in [1.165, 1.54) is 0 Å². The Balaban J connectivity index is 1.71. The molecule has 0 aliphatic carbocycles. The van der Waals surface area contributed by atoms with Crippen molar-refractivity contribution in [3.63, 3.8) is 0 Å². The van der Waals surface area contributed by atoms with E-state index in [4.69, 9.17) is 0 Å². The Morgan fingerprint density at radius 2 is 1.57 bits per heavy atom. The second-order valence-electron chi connectivity index (χ2n) is 5.04. The van der Waals surface area contributed by atoms with Crippen LogP contribution in [0.2, 0.25) is 0 Å². The molecule has 106 valence electrons. The number of aliphatic hydroxyl groups is 1. The zero-order valence-electron chi connectivity index (χ0n) is 11.8. The van der Waals surface area contributed by atoms with E-state index in [0.29, 0.717) is 6.42 Å². The molecule has 1 atom stereocenters. The summed E-state index contributed by atoms with van der Waals surface area (Å²) in [7, 11) is 0. The zero-order chi connectivity index (χ0) is 14.5. The van der Waals surface area contributed by atoms with Gasteiger partial charge >= 0.3 is 0 Å². The van der Waals surface area contributed by atoms with E-state index < -0.39 is 6.10 Å². The third-order valence-electron chi connectivity index (χ3n) is 3.58. The lowest BCUT2D eigenvalue weighted by Crippen LogP contribution is -2.05. The largest absolute Gasteiger partial charge is 0.388 e. The minimum absolute atomic E-state index is 0.440. The lowest BCUT2D eigenvalue weighted by molar-refractivity contribution is 0.167. The van der Waals surface area contributed by atoms with E-state index in [1.54, 1.807) is 6.20 Å². The van der Waals surface area contributed by atoms with Gasteiger partial charge in [-0.15, -0.1) is 0 Å². The number of aryl methyl sites for hydroxylation is 1. The number of hydrogen-bond acceptors (Lipinski definition) is 2. The van der Waals surface area contributed by atoms with E-state index in [1.807, 2.05) is 71.4 Å².